The Morgan fingerprint density at radius 2 is 1.76 bits per heavy atom. The van der Waals surface area contributed by atoms with E-state index in [0.29, 0.717) is 46.4 Å². The summed E-state index contributed by atoms with van der Waals surface area (Å²) < 4.78 is 13.2. The summed E-state index contributed by atoms with van der Waals surface area (Å²) in [5.41, 5.74) is 0.596. The van der Waals surface area contributed by atoms with Crippen LogP contribution in [-0.4, -0.2) is 32.2 Å². The number of hydrogen-bond acceptors (Lipinski definition) is 7. The van der Waals surface area contributed by atoms with Crippen molar-refractivity contribution in [2.75, 3.05) is 6.61 Å². The molecule has 0 aliphatic rings. The first-order valence-corrected chi connectivity index (χ1v) is 12.3. The van der Waals surface area contributed by atoms with Crippen LogP contribution in [0.15, 0.2) is 58.5 Å². The molecular formula is C26H26Cl2N4O5. The SMILES string of the molecule is CC.Cn1c(=O)n(CCCOC=O)c(=O)c2c(Cc3ccc(Cl)cc3)c(Oc3cncc(Cl)c3)cnc21. The molecule has 3 heterocycles. The number of pyridine rings is 2. The number of rotatable bonds is 9. The van der Waals surface area contributed by atoms with Gasteiger partial charge in [0.15, 0.2) is 0 Å². The van der Waals surface area contributed by atoms with E-state index in [4.69, 9.17) is 32.7 Å². The summed E-state index contributed by atoms with van der Waals surface area (Å²) in [5, 5.41) is 1.21. The first kappa shape index (κ1) is 27.9. The molecule has 3 aromatic heterocycles. The van der Waals surface area contributed by atoms with Gasteiger partial charge in [-0.3, -0.25) is 23.7 Å². The minimum Gasteiger partial charge on any atom is -0.468 e. The molecule has 0 saturated heterocycles. The maximum absolute atomic E-state index is 13.6. The highest BCUT2D eigenvalue weighted by Gasteiger charge is 2.20. The quantitative estimate of drug-likeness (QED) is 0.220. The number of aryl methyl sites for hydroxylation is 1. The van der Waals surface area contributed by atoms with Crippen molar-refractivity contribution < 1.29 is 14.3 Å². The van der Waals surface area contributed by atoms with Crippen molar-refractivity contribution in [1.29, 1.82) is 0 Å². The fraction of sp³-hybridized carbons (Fsp3) is 0.269. The van der Waals surface area contributed by atoms with Crippen molar-refractivity contribution in [3.05, 3.63) is 90.9 Å². The van der Waals surface area contributed by atoms with E-state index in [9.17, 15) is 14.4 Å². The molecule has 9 nitrogen and oxygen atoms in total. The van der Waals surface area contributed by atoms with Gasteiger partial charge in [0.2, 0.25) is 0 Å². The van der Waals surface area contributed by atoms with Crippen molar-refractivity contribution in [3.8, 4) is 11.5 Å². The van der Waals surface area contributed by atoms with Gasteiger partial charge >= 0.3 is 5.69 Å². The molecular weight excluding hydrogens is 519 g/mol. The number of halogens is 2. The molecule has 37 heavy (non-hydrogen) atoms. The number of aromatic nitrogens is 4. The van der Waals surface area contributed by atoms with E-state index in [2.05, 4.69) is 9.97 Å². The third-order valence-electron chi connectivity index (χ3n) is 5.34. The summed E-state index contributed by atoms with van der Waals surface area (Å²) >= 11 is 12.1. The molecule has 0 amide bonds. The number of ether oxygens (including phenoxy) is 2. The van der Waals surface area contributed by atoms with Crippen LogP contribution < -0.4 is 16.0 Å². The highest BCUT2D eigenvalue weighted by atomic mass is 35.5. The van der Waals surface area contributed by atoms with Gasteiger partial charge in [0.25, 0.3) is 12.0 Å². The van der Waals surface area contributed by atoms with Crippen LogP contribution in [0.1, 0.15) is 31.4 Å². The smallest absolute Gasteiger partial charge is 0.332 e. The summed E-state index contributed by atoms with van der Waals surface area (Å²) in [4.78, 5) is 45.3. The van der Waals surface area contributed by atoms with Gasteiger partial charge in [0.05, 0.1) is 29.4 Å². The predicted octanol–water partition coefficient (Wildman–Crippen LogP) is 4.77. The largest absolute Gasteiger partial charge is 0.468 e. The highest BCUT2D eigenvalue weighted by Crippen LogP contribution is 2.31. The standard InChI is InChI=1S/C24H20Cl2N4O5.C2H6/c1-29-22-21(23(32)30(24(29)33)7-2-8-34-14-31)19(9-15-3-5-16(25)6-4-15)20(13-28-22)35-18-10-17(26)11-27-12-18;1-2/h3-6,10-14H,2,7-9H2,1H3;1-2H3. The van der Waals surface area contributed by atoms with E-state index >= 15 is 0 Å². The molecule has 0 unspecified atom stereocenters. The second-order valence-electron chi connectivity index (χ2n) is 7.66. The molecule has 0 radical (unpaired) electrons. The molecule has 0 aliphatic heterocycles. The van der Waals surface area contributed by atoms with E-state index in [0.717, 1.165) is 10.1 Å². The fourth-order valence-electron chi connectivity index (χ4n) is 3.69. The minimum absolute atomic E-state index is 0.0684. The lowest BCUT2D eigenvalue weighted by atomic mass is 10.0. The van der Waals surface area contributed by atoms with E-state index in [-0.39, 0.29) is 24.2 Å². The average molecular weight is 545 g/mol. The lowest BCUT2D eigenvalue weighted by Gasteiger charge is -2.16. The lowest BCUT2D eigenvalue weighted by molar-refractivity contribution is -0.128. The highest BCUT2D eigenvalue weighted by molar-refractivity contribution is 6.30. The van der Waals surface area contributed by atoms with Crippen molar-refractivity contribution in [1.82, 2.24) is 19.1 Å². The second-order valence-corrected chi connectivity index (χ2v) is 8.54. The Kier molecular flexibility index (Phi) is 9.82. The maximum Gasteiger partial charge on any atom is 0.332 e. The molecule has 0 bridgehead atoms. The van der Waals surface area contributed by atoms with Gasteiger partial charge < -0.3 is 9.47 Å². The molecule has 1 aromatic carbocycles. The molecule has 0 spiro atoms. The van der Waals surface area contributed by atoms with Gasteiger partial charge in [-0.25, -0.2) is 9.78 Å². The number of fused-ring (bicyclic) bond motifs is 1. The number of hydrogen-bond donors (Lipinski definition) is 0. The Morgan fingerprint density at radius 1 is 1.03 bits per heavy atom. The zero-order chi connectivity index (χ0) is 26.9. The first-order chi connectivity index (χ1) is 17.9. The summed E-state index contributed by atoms with van der Waals surface area (Å²) in [7, 11) is 1.54. The van der Waals surface area contributed by atoms with Crippen molar-refractivity contribution >= 4 is 40.7 Å². The maximum atomic E-state index is 13.6. The number of carbonyl (C=O) groups is 1. The van der Waals surface area contributed by atoms with Crippen molar-refractivity contribution in [2.24, 2.45) is 7.05 Å². The third kappa shape index (κ3) is 6.55. The van der Waals surface area contributed by atoms with E-state index < -0.39 is 11.2 Å². The van der Waals surface area contributed by atoms with Crippen LogP contribution >= 0.6 is 23.2 Å². The van der Waals surface area contributed by atoms with Gasteiger partial charge in [-0.2, -0.15) is 0 Å². The van der Waals surface area contributed by atoms with E-state index in [1.54, 1.807) is 25.2 Å². The van der Waals surface area contributed by atoms with Gasteiger partial charge in [-0.15, -0.1) is 0 Å². The Hall–Kier alpha value is -3.69. The van der Waals surface area contributed by atoms with Crippen LogP contribution in [0.2, 0.25) is 10.0 Å². The summed E-state index contributed by atoms with van der Waals surface area (Å²) in [5.74, 6) is 0.690. The van der Waals surface area contributed by atoms with Crippen LogP contribution in [0.4, 0.5) is 0 Å². The Morgan fingerprint density at radius 3 is 2.43 bits per heavy atom. The van der Waals surface area contributed by atoms with Gasteiger partial charge in [0.1, 0.15) is 17.1 Å². The summed E-state index contributed by atoms with van der Waals surface area (Å²) in [6, 6.07) is 8.79. The first-order valence-electron chi connectivity index (χ1n) is 11.6. The normalized spacial score (nSPS) is 10.5. The van der Waals surface area contributed by atoms with Gasteiger partial charge in [-0.1, -0.05) is 49.2 Å². The monoisotopic (exact) mass is 544 g/mol. The molecule has 0 aliphatic carbocycles. The molecule has 4 aromatic rings. The molecule has 194 valence electrons. The van der Waals surface area contributed by atoms with Crippen molar-refractivity contribution in [2.45, 2.75) is 33.2 Å². The second kappa shape index (κ2) is 13.0. The summed E-state index contributed by atoms with van der Waals surface area (Å²) in [6.07, 6.45) is 5.04. The lowest BCUT2D eigenvalue weighted by Crippen LogP contribution is -2.40. The van der Waals surface area contributed by atoms with E-state index in [1.807, 2.05) is 26.0 Å². The third-order valence-corrected chi connectivity index (χ3v) is 5.79. The van der Waals surface area contributed by atoms with Crippen molar-refractivity contribution in [3.63, 3.8) is 0 Å². The zero-order valence-electron chi connectivity index (χ0n) is 20.6. The van der Waals surface area contributed by atoms with E-state index in [1.165, 1.54) is 23.2 Å². The Labute approximate surface area is 223 Å². The molecule has 4 rings (SSSR count). The van der Waals surface area contributed by atoms with Gasteiger partial charge in [0, 0.05) is 42.9 Å². The van der Waals surface area contributed by atoms with Crippen LogP contribution in [0.25, 0.3) is 11.0 Å². The summed E-state index contributed by atoms with van der Waals surface area (Å²) in [6.45, 7) is 4.47. The Balaban J connectivity index is 0.00000186. The Bertz CT molecular complexity index is 1500. The molecule has 0 saturated carbocycles. The topological polar surface area (TPSA) is 105 Å². The predicted molar refractivity (Wildman–Crippen MR) is 143 cm³/mol. The number of benzene rings is 1. The average Bonchev–Trinajstić information content (AvgIpc) is 2.90. The van der Waals surface area contributed by atoms with Crippen LogP contribution in [0.5, 0.6) is 11.5 Å². The van der Waals surface area contributed by atoms with Gasteiger partial charge in [-0.05, 0) is 24.1 Å². The van der Waals surface area contributed by atoms with Crippen LogP contribution in [-0.2, 0) is 29.5 Å². The zero-order valence-corrected chi connectivity index (χ0v) is 22.1. The van der Waals surface area contributed by atoms with Crippen LogP contribution in [0.3, 0.4) is 0 Å². The number of nitrogens with zero attached hydrogens (tertiary/aromatic N) is 4. The molecule has 11 heteroatoms. The molecule has 0 fully saturated rings. The minimum atomic E-state index is -0.522. The molecule has 0 N–H and O–H groups in total. The molecule has 0 atom stereocenters. The number of carbonyl (C=O) groups excluding carboxylic acids is 1. The van der Waals surface area contributed by atoms with Crippen LogP contribution in [0, 0.1) is 0 Å². The fourth-order valence-corrected chi connectivity index (χ4v) is 3.98.